The monoisotopic (exact) mass is 265 g/mol. The second-order valence-corrected chi connectivity index (χ2v) is 5.34. The summed E-state index contributed by atoms with van der Waals surface area (Å²) in [5.41, 5.74) is 1.89. The van der Waals surface area contributed by atoms with Crippen LogP contribution in [0.1, 0.15) is 5.56 Å². The van der Waals surface area contributed by atoms with E-state index in [0.29, 0.717) is 5.02 Å². The molecule has 88 valence electrons. The first kappa shape index (κ1) is 12.1. The fraction of sp³-hybridized carbons (Fsp3) is 0.0769. The van der Waals surface area contributed by atoms with Gasteiger partial charge in [-0.15, -0.1) is 0 Å². The van der Waals surface area contributed by atoms with Crippen LogP contribution in [0.25, 0.3) is 0 Å². The maximum atomic E-state index is 12.0. The number of halogens is 1. The Morgan fingerprint density at radius 2 is 1.82 bits per heavy atom. The normalized spacial score (nSPS) is 12.1. The van der Waals surface area contributed by atoms with Crippen LogP contribution < -0.4 is 4.72 Å². The molecule has 0 aliphatic carbocycles. The molecule has 2 nitrogen and oxygen atoms in total. The summed E-state index contributed by atoms with van der Waals surface area (Å²) in [5, 5.41) is 0.621. The molecule has 2 rings (SSSR count). The van der Waals surface area contributed by atoms with Crippen molar-refractivity contribution in [2.24, 2.45) is 0 Å². The molecular formula is C13H12ClNOS. The predicted molar refractivity (Wildman–Crippen MR) is 72.7 cm³/mol. The van der Waals surface area contributed by atoms with Crippen molar-refractivity contribution in [2.75, 3.05) is 4.72 Å². The van der Waals surface area contributed by atoms with Crippen LogP contribution in [-0.4, -0.2) is 4.21 Å². The van der Waals surface area contributed by atoms with Gasteiger partial charge in [-0.2, -0.15) is 0 Å². The molecule has 0 radical (unpaired) electrons. The van der Waals surface area contributed by atoms with Crippen molar-refractivity contribution >= 4 is 28.3 Å². The zero-order valence-electron chi connectivity index (χ0n) is 9.31. The Hall–Kier alpha value is -1.32. The highest BCUT2D eigenvalue weighted by atomic mass is 35.5. The van der Waals surface area contributed by atoms with Gasteiger partial charge in [0.15, 0.2) is 0 Å². The standard InChI is InChI=1S/C13H12ClNOS/c1-10-5-7-13(8-6-10)17(16)15-12-4-2-3-11(14)9-12/h2-9,15H,1H3. The Kier molecular flexibility index (Phi) is 3.82. The highest BCUT2D eigenvalue weighted by Gasteiger charge is 2.03. The van der Waals surface area contributed by atoms with E-state index < -0.39 is 11.0 Å². The summed E-state index contributed by atoms with van der Waals surface area (Å²) < 4.78 is 14.9. The number of hydrogen-bond acceptors (Lipinski definition) is 1. The van der Waals surface area contributed by atoms with Crippen molar-refractivity contribution in [1.29, 1.82) is 0 Å². The highest BCUT2D eigenvalue weighted by molar-refractivity contribution is 7.86. The summed E-state index contributed by atoms with van der Waals surface area (Å²) in [6, 6.07) is 14.7. The maximum absolute atomic E-state index is 12.0. The minimum Gasteiger partial charge on any atom is -0.301 e. The number of benzene rings is 2. The summed E-state index contributed by atoms with van der Waals surface area (Å²) in [6.45, 7) is 2.00. The van der Waals surface area contributed by atoms with E-state index in [0.717, 1.165) is 16.1 Å². The van der Waals surface area contributed by atoms with Gasteiger partial charge in [0, 0.05) is 10.7 Å². The molecule has 0 aromatic heterocycles. The number of rotatable bonds is 3. The van der Waals surface area contributed by atoms with Gasteiger partial charge in [-0.05, 0) is 37.3 Å². The minimum absolute atomic E-state index is 0.621. The van der Waals surface area contributed by atoms with Gasteiger partial charge in [-0.1, -0.05) is 35.4 Å². The fourth-order valence-electron chi connectivity index (χ4n) is 1.38. The SMILES string of the molecule is Cc1ccc(S(=O)Nc2cccc(Cl)c2)cc1. The molecule has 17 heavy (non-hydrogen) atoms. The molecule has 4 heteroatoms. The van der Waals surface area contributed by atoms with Crippen LogP contribution in [0.4, 0.5) is 5.69 Å². The largest absolute Gasteiger partial charge is 0.301 e. The van der Waals surface area contributed by atoms with Crippen molar-refractivity contribution in [3.8, 4) is 0 Å². The van der Waals surface area contributed by atoms with Gasteiger partial charge in [0.25, 0.3) is 0 Å². The Bertz CT molecular complexity index is 539. The third-order valence-electron chi connectivity index (χ3n) is 2.27. The molecule has 1 atom stereocenters. The zero-order valence-corrected chi connectivity index (χ0v) is 10.9. The summed E-state index contributed by atoms with van der Waals surface area (Å²) in [4.78, 5) is 0.746. The second kappa shape index (κ2) is 5.34. The van der Waals surface area contributed by atoms with Gasteiger partial charge < -0.3 is 4.72 Å². The lowest BCUT2D eigenvalue weighted by molar-refractivity contribution is 0.686. The van der Waals surface area contributed by atoms with E-state index in [2.05, 4.69) is 4.72 Å². The topological polar surface area (TPSA) is 29.1 Å². The molecular weight excluding hydrogens is 254 g/mol. The summed E-state index contributed by atoms with van der Waals surface area (Å²) in [5.74, 6) is 0. The Morgan fingerprint density at radius 3 is 2.47 bits per heavy atom. The van der Waals surface area contributed by atoms with E-state index >= 15 is 0 Å². The Morgan fingerprint density at radius 1 is 1.12 bits per heavy atom. The molecule has 0 saturated carbocycles. The fourth-order valence-corrected chi connectivity index (χ4v) is 2.41. The molecule has 0 amide bonds. The van der Waals surface area contributed by atoms with E-state index in [9.17, 15) is 4.21 Å². The molecule has 0 saturated heterocycles. The molecule has 2 aromatic rings. The molecule has 1 unspecified atom stereocenters. The van der Waals surface area contributed by atoms with Gasteiger partial charge in [-0.25, -0.2) is 4.21 Å². The molecule has 1 N–H and O–H groups in total. The number of nitrogens with one attached hydrogen (secondary N) is 1. The van der Waals surface area contributed by atoms with Crippen molar-refractivity contribution < 1.29 is 4.21 Å². The first-order chi connectivity index (χ1) is 8.15. The second-order valence-electron chi connectivity index (χ2n) is 3.69. The van der Waals surface area contributed by atoms with Gasteiger partial charge in [0.2, 0.25) is 0 Å². The third-order valence-corrected chi connectivity index (χ3v) is 3.63. The van der Waals surface area contributed by atoms with Crippen LogP contribution in [0.15, 0.2) is 53.4 Å². The maximum Gasteiger partial charge on any atom is 0.150 e. The van der Waals surface area contributed by atoms with Gasteiger partial charge in [0.05, 0.1) is 4.90 Å². The highest BCUT2D eigenvalue weighted by Crippen LogP contribution is 2.17. The Labute approximate surface area is 108 Å². The van der Waals surface area contributed by atoms with Crippen molar-refractivity contribution in [3.05, 3.63) is 59.1 Å². The van der Waals surface area contributed by atoms with Gasteiger partial charge in [0.1, 0.15) is 11.0 Å². The molecule has 0 spiro atoms. The zero-order chi connectivity index (χ0) is 12.3. The number of anilines is 1. The van der Waals surface area contributed by atoms with E-state index in [1.54, 1.807) is 12.1 Å². The number of hydrogen-bond donors (Lipinski definition) is 1. The van der Waals surface area contributed by atoms with E-state index in [1.807, 2.05) is 43.3 Å². The first-order valence-corrected chi connectivity index (χ1v) is 6.68. The van der Waals surface area contributed by atoms with Crippen molar-refractivity contribution in [2.45, 2.75) is 11.8 Å². The van der Waals surface area contributed by atoms with E-state index in [1.165, 1.54) is 0 Å². The lowest BCUT2D eigenvalue weighted by Gasteiger charge is -2.06. The van der Waals surface area contributed by atoms with Gasteiger partial charge in [-0.3, -0.25) is 0 Å². The third kappa shape index (κ3) is 3.32. The quantitative estimate of drug-likeness (QED) is 0.899. The number of aryl methyl sites for hydroxylation is 1. The molecule has 0 aliphatic heterocycles. The molecule has 0 heterocycles. The average Bonchev–Trinajstić information content (AvgIpc) is 2.29. The predicted octanol–water partition coefficient (Wildman–Crippen LogP) is 3.78. The van der Waals surface area contributed by atoms with E-state index in [4.69, 9.17) is 11.6 Å². The lowest BCUT2D eigenvalue weighted by Crippen LogP contribution is -2.04. The van der Waals surface area contributed by atoms with Crippen LogP contribution >= 0.6 is 11.6 Å². The van der Waals surface area contributed by atoms with Crippen LogP contribution in [0.5, 0.6) is 0 Å². The summed E-state index contributed by atoms with van der Waals surface area (Å²) in [6.07, 6.45) is 0. The van der Waals surface area contributed by atoms with Crippen molar-refractivity contribution in [3.63, 3.8) is 0 Å². The molecule has 2 aromatic carbocycles. The lowest BCUT2D eigenvalue weighted by atomic mass is 10.2. The van der Waals surface area contributed by atoms with Crippen LogP contribution in [0.3, 0.4) is 0 Å². The minimum atomic E-state index is -1.26. The average molecular weight is 266 g/mol. The molecule has 0 fully saturated rings. The Balaban J connectivity index is 2.14. The summed E-state index contributed by atoms with van der Waals surface area (Å²) in [7, 11) is -1.26. The van der Waals surface area contributed by atoms with Crippen molar-refractivity contribution in [1.82, 2.24) is 0 Å². The van der Waals surface area contributed by atoms with E-state index in [-0.39, 0.29) is 0 Å². The summed E-state index contributed by atoms with van der Waals surface area (Å²) >= 11 is 5.86. The molecule has 0 bridgehead atoms. The first-order valence-electron chi connectivity index (χ1n) is 5.16. The van der Waals surface area contributed by atoms with Crippen LogP contribution in [0, 0.1) is 6.92 Å². The van der Waals surface area contributed by atoms with Crippen LogP contribution in [0.2, 0.25) is 5.02 Å². The van der Waals surface area contributed by atoms with Gasteiger partial charge >= 0.3 is 0 Å². The smallest absolute Gasteiger partial charge is 0.150 e. The van der Waals surface area contributed by atoms with Crippen LogP contribution in [-0.2, 0) is 11.0 Å². The molecule has 0 aliphatic rings.